The third-order valence-electron chi connectivity index (χ3n) is 4.30. The molecule has 2 saturated heterocycles. The Labute approximate surface area is 136 Å². The van der Waals surface area contributed by atoms with Crippen LogP contribution in [0.25, 0.3) is 0 Å². The summed E-state index contributed by atoms with van der Waals surface area (Å²) in [6.45, 7) is 8.11. The van der Waals surface area contributed by atoms with Gasteiger partial charge in [-0.3, -0.25) is 14.5 Å². The van der Waals surface area contributed by atoms with Crippen molar-refractivity contribution in [3.63, 3.8) is 0 Å². The van der Waals surface area contributed by atoms with Crippen LogP contribution in [-0.4, -0.2) is 72.1 Å². The van der Waals surface area contributed by atoms with Gasteiger partial charge in [0.05, 0.1) is 6.61 Å². The lowest BCUT2D eigenvalue weighted by atomic mass is 9.81. The molecule has 2 fully saturated rings. The third kappa shape index (κ3) is 3.83. The van der Waals surface area contributed by atoms with Gasteiger partial charge in [0.1, 0.15) is 17.3 Å². The summed E-state index contributed by atoms with van der Waals surface area (Å²) in [5.74, 6) is -1.43. The van der Waals surface area contributed by atoms with Gasteiger partial charge in [0.15, 0.2) is 0 Å². The Morgan fingerprint density at radius 2 is 1.91 bits per heavy atom. The van der Waals surface area contributed by atoms with Crippen molar-refractivity contribution in [3.8, 4) is 0 Å². The molecule has 2 rings (SSSR count). The van der Waals surface area contributed by atoms with E-state index >= 15 is 0 Å². The van der Waals surface area contributed by atoms with Crippen molar-refractivity contribution in [2.75, 3.05) is 26.7 Å². The molecule has 0 N–H and O–H groups in total. The zero-order valence-corrected chi connectivity index (χ0v) is 14.5. The second-order valence-corrected chi connectivity index (χ2v) is 7.17. The SMILES string of the molecule is CCOC(=O)C1C(=O)C[C@H]2CN(C(=O)OC(C)(C)C)C[C@@H]1N2C. The Hall–Kier alpha value is -1.63. The highest BCUT2D eigenvalue weighted by atomic mass is 16.6. The summed E-state index contributed by atoms with van der Waals surface area (Å²) < 4.78 is 10.5. The molecule has 7 nitrogen and oxygen atoms in total. The van der Waals surface area contributed by atoms with Gasteiger partial charge in [-0.2, -0.15) is 0 Å². The van der Waals surface area contributed by atoms with Crippen LogP contribution in [0.1, 0.15) is 34.1 Å². The smallest absolute Gasteiger partial charge is 0.410 e. The lowest BCUT2D eigenvalue weighted by Gasteiger charge is -2.49. The molecular formula is C16H26N2O5. The van der Waals surface area contributed by atoms with Gasteiger partial charge in [0, 0.05) is 31.6 Å². The van der Waals surface area contributed by atoms with Gasteiger partial charge in [-0.15, -0.1) is 0 Å². The minimum Gasteiger partial charge on any atom is -0.465 e. The number of rotatable bonds is 2. The number of ketones is 1. The molecule has 0 radical (unpaired) electrons. The summed E-state index contributed by atoms with van der Waals surface area (Å²) in [4.78, 5) is 40.4. The highest BCUT2D eigenvalue weighted by Gasteiger charge is 2.50. The Balaban J connectivity index is 2.16. The summed E-state index contributed by atoms with van der Waals surface area (Å²) in [5, 5.41) is 0. The Bertz CT molecular complexity index is 491. The zero-order chi connectivity index (χ0) is 17.4. The predicted octanol–water partition coefficient (Wildman–Crippen LogP) is 1.06. The molecule has 1 amide bonds. The van der Waals surface area contributed by atoms with Gasteiger partial charge in [-0.05, 0) is 34.7 Å². The molecular weight excluding hydrogens is 300 g/mol. The van der Waals surface area contributed by atoms with Crippen LogP contribution in [0.3, 0.4) is 0 Å². The molecule has 0 spiro atoms. The lowest BCUT2D eigenvalue weighted by molar-refractivity contribution is -0.161. The molecule has 2 heterocycles. The number of Topliss-reactive ketones (excluding diaryl/α,β-unsaturated/α-hetero) is 1. The average molecular weight is 326 g/mol. The molecule has 2 bridgehead atoms. The molecule has 0 saturated carbocycles. The number of hydrogen-bond donors (Lipinski definition) is 0. The van der Waals surface area contributed by atoms with E-state index in [0.717, 1.165) is 0 Å². The van der Waals surface area contributed by atoms with Crippen molar-refractivity contribution < 1.29 is 23.9 Å². The molecule has 23 heavy (non-hydrogen) atoms. The summed E-state index contributed by atoms with van der Waals surface area (Å²) in [6.07, 6.45) is -0.159. The van der Waals surface area contributed by atoms with Gasteiger partial charge in [0.25, 0.3) is 0 Å². The highest BCUT2D eigenvalue weighted by Crippen LogP contribution is 2.31. The Kier molecular flexibility index (Phi) is 4.98. The molecule has 1 unspecified atom stereocenters. The van der Waals surface area contributed by atoms with Crippen LogP contribution in [0.2, 0.25) is 0 Å². The maximum Gasteiger partial charge on any atom is 0.410 e. The van der Waals surface area contributed by atoms with E-state index in [0.29, 0.717) is 6.54 Å². The van der Waals surface area contributed by atoms with E-state index in [1.54, 1.807) is 11.8 Å². The largest absolute Gasteiger partial charge is 0.465 e. The molecule has 3 atom stereocenters. The number of piperazine rings is 1. The number of carbonyl (C=O) groups excluding carboxylic acids is 3. The molecule has 0 aliphatic carbocycles. The number of piperidine rings is 1. The number of fused-ring (bicyclic) bond motifs is 2. The summed E-state index contributed by atoms with van der Waals surface area (Å²) in [7, 11) is 1.89. The first-order valence-electron chi connectivity index (χ1n) is 8.03. The van der Waals surface area contributed by atoms with Crippen molar-refractivity contribution in [1.29, 1.82) is 0 Å². The van der Waals surface area contributed by atoms with Crippen molar-refractivity contribution in [2.45, 2.75) is 51.8 Å². The molecule has 0 aromatic heterocycles. The Morgan fingerprint density at radius 1 is 1.26 bits per heavy atom. The van der Waals surface area contributed by atoms with Gasteiger partial charge in [0.2, 0.25) is 0 Å². The second-order valence-electron chi connectivity index (χ2n) is 7.17. The van der Waals surface area contributed by atoms with Crippen LogP contribution in [-0.2, 0) is 19.1 Å². The van der Waals surface area contributed by atoms with Crippen molar-refractivity contribution >= 4 is 17.8 Å². The second kappa shape index (κ2) is 6.47. The zero-order valence-electron chi connectivity index (χ0n) is 14.5. The number of nitrogens with zero attached hydrogens (tertiary/aromatic N) is 2. The number of carbonyl (C=O) groups is 3. The van der Waals surface area contributed by atoms with Gasteiger partial charge in [-0.1, -0.05) is 0 Å². The molecule has 0 aromatic carbocycles. The average Bonchev–Trinajstić information content (AvgIpc) is 2.38. The number of likely N-dealkylation sites (tertiary alicyclic amines) is 1. The number of ether oxygens (including phenoxy) is 2. The van der Waals surface area contributed by atoms with Crippen LogP contribution < -0.4 is 0 Å². The fourth-order valence-electron chi connectivity index (χ4n) is 3.20. The first kappa shape index (κ1) is 17.7. The summed E-state index contributed by atoms with van der Waals surface area (Å²) in [6, 6.07) is -0.444. The number of amides is 1. The van der Waals surface area contributed by atoms with E-state index in [-0.39, 0.29) is 37.4 Å². The summed E-state index contributed by atoms with van der Waals surface area (Å²) in [5.41, 5.74) is -0.577. The van der Waals surface area contributed by atoms with E-state index in [9.17, 15) is 14.4 Å². The Morgan fingerprint density at radius 3 is 2.48 bits per heavy atom. The van der Waals surface area contributed by atoms with E-state index in [4.69, 9.17) is 9.47 Å². The monoisotopic (exact) mass is 326 g/mol. The van der Waals surface area contributed by atoms with Crippen LogP contribution >= 0.6 is 0 Å². The quantitative estimate of drug-likeness (QED) is 0.558. The van der Waals surface area contributed by atoms with Crippen LogP contribution in [0, 0.1) is 5.92 Å². The van der Waals surface area contributed by atoms with Gasteiger partial charge >= 0.3 is 12.1 Å². The van der Waals surface area contributed by atoms with Crippen LogP contribution in [0.15, 0.2) is 0 Å². The van der Waals surface area contributed by atoms with E-state index in [1.165, 1.54) is 0 Å². The van der Waals surface area contributed by atoms with Crippen LogP contribution in [0.4, 0.5) is 4.79 Å². The number of likely N-dealkylation sites (N-methyl/N-ethyl adjacent to an activating group) is 1. The van der Waals surface area contributed by atoms with Gasteiger partial charge in [-0.25, -0.2) is 4.79 Å². The third-order valence-corrected chi connectivity index (χ3v) is 4.30. The number of hydrogen-bond acceptors (Lipinski definition) is 6. The van der Waals surface area contributed by atoms with Crippen LogP contribution in [0.5, 0.6) is 0 Å². The minimum absolute atomic E-state index is 0.0838. The van der Waals surface area contributed by atoms with Crippen molar-refractivity contribution in [3.05, 3.63) is 0 Å². The standard InChI is InChI=1S/C16H26N2O5/c1-6-22-14(20)13-11-9-18(15(21)23-16(2,3)4)8-10(17(11)5)7-12(13)19/h10-11,13H,6-9H2,1-5H3/t10-,11-,13?/m0/s1. The topological polar surface area (TPSA) is 76.2 Å². The first-order valence-corrected chi connectivity index (χ1v) is 8.03. The van der Waals surface area contributed by atoms with Crippen molar-refractivity contribution in [2.24, 2.45) is 5.92 Å². The first-order chi connectivity index (χ1) is 10.6. The number of esters is 1. The fourth-order valence-corrected chi connectivity index (χ4v) is 3.20. The van der Waals surface area contributed by atoms with Gasteiger partial charge < -0.3 is 14.4 Å². The van der Waals surface area contributed by atoms with Crippen molar-refractivity contribution in [1.82, 2.24) is 9.80 Å². The molecule has 2 aliphatic rings. The van der Waals surface area contributed by atoms with E-state index in [2.05, 4.69) is 0 Å². The normalized spacial score (nSPS) is 28.5. The maximum atomic E-state index is 12.3. The fraction of sp³-hybridized carbons (Fsp3) is 0.812. The van der Waals surface area contributed by atoms with E-state index in [1.807, 2.05) is 32.7 Å². The predicted molar refractivity (Wildman–Crippen MR) is 82.9 cm³/mol. The molecule has 7 heteroatoms. The maximum absolute atomic E-state index is 12.3. The summed E-state index contributed by atoms with van der Waals surface area (Å²) >= 11 is 0. The van der Waals surface area contributed by atoms with E-state index < -0.39 is 23.6 Å². The molecule has 0 aromatic rings. The minimum atomic E-state index is -0.832. The molecule has 2 aliphatic heterocycles. The highest BCUT2D eigenvalue weighted by molar-refractivity contribution is 6.01. The molecule has 130 valence electrons. The lowest BCUT2D eigenvalue weighted by Crippen LogP contribution is -2.67.